The van der Waals surface area contributed by atoms with Gasteiger partial charge in [0.05, 0.1) is 6.04 Å². The zero-order valence-corrected chi connectivity index (χ0v) is 11.7. The molecule has 0 bridgehead atoms. The van der Waals surface area contributed by atoms with Gasteiger partial charge in [0.2, 0.25) is 5.91 Å². The van der Waals surface area contributed by atoms with Crippen molar-refractivity contribution in [1.82, 2.24) is 15.5 Å². The standard InChI is InChI=1S/C13H25N3O2/c1-4-8-16(9-11-6-7-11)10(3)12(17)15-13(18)14-5-2/h10-11H,4-9H2,1-3H3,(H2,14,15,17,18)/t10-/m1/s1. The monoisotopic (exact) mass is 255 g/mol. The van der Waals surface area contributed by atoms with Gasteiger partial charge >= 0.3 is 6.03 Å². The number of nitrogens with zero attached hydrogens (tertiary/aromatic N) is 1. The SMILES string of the molecule is CCCN(CC1CC1)[C@H](C)C(=O)NC(=O)NCC. The van der Waals surface area contributed by atoms with E-state index in [1.165, 1.54) is 12.8 Å². The molecule has 0 aromatic heterocycles. The average Bonchev–Trinajstić information content (AvgIpc) is 3.11. The Kier molecular flexibility index (Phi) is 6.12. The molecule has 1 atom stereocenters. The predicted octanol–water partition coefficient (Wildman–Crippen LogP) is 1.34. The van der Waals surface area contributed by atoms with Crippen LogP contribution in [0.15, 0.2) is 0 Å². The molecule has 0 aromatic carbocycles. The van der Waals surface area contributed by atoms with Crippen LogP contribution in [0.4, 0.5) is 4.79 Å². The zero-order valence-electron chi connectivity index (χ0n) is 11.7. The number of urea groups is 1. The molecule has 104 valence electrons. The van der Waals surface area contributed by atoms with Crippen molar-refractivity contribution in [2.45, 2.75) is 46.1 Å². The summed E-state index contributed by atoms with van der Waals surface area (Å²) in [5, 5.41) is 4.95. The summed E-state index contributed by atoms with van der Waals surface area (Å²) in [7, 11) is 0. The quantitative estimate of drug-likeness (QED) is 0.721. The lowest BCUT2D eigenvalue weighted by molar-refractivity contribution is -0.124. The van der Waals surface area contributed by atoms with Crippen LogP contribution >= 0.6 is 0 Å². The Morgan fingerprint density at radius 3 is 2.50 bits per heavy atom. The Morgan fingerprint density at radius 2 is 2.00 bits per heavy atom. The van der Waals surface area contributed by atoms with Crippen LogP contribution in [0.2, 0.25) is 0 Å². The Labute approximate surface area is 109 Å². The summed E-state index contributed by atoms with van der Waals surface area (Å²) < 4.78 is 0. The van der Waals surface area contributed by atoms with E-state index < -0.39 is 6.03 Å². The lowest BCUT2D eigenvalue weighted by atomic mass is 10.2. The summed E-state index contributed by atoms with van der Waals surface area (Å²) >= 11 is 0. The molecule has 0 heterocycles. The smallest absolute Gasteiger partial charge is 0.321 e. The number of amides is 3. The normalized spacial score (nSPS) is 16.4. The van der Waals surface area contributed by atoms with Crippen LogP contribution in [0, 0.1) is 5.92 Å². The van der Waals surface area contributed by atoms with Crippen LogP contribution in [-0.4, -0.2) is 42.5 Å². The molecule has 0 unspecified atom stereocenters. The first-order valence-electron chi connectivity index (χ1n) is 6.91. The first kappa shape index (κ1) is 15.0. The molecule has 1 aliphatic rings. The zero-order chi connectivity index (χ0) is 13.5. The highest BCUT2D eigenvalue weighted by Gasteiger charge is 2.29. The van der Waals surface area contributed by atoms with Crippen molar-refractivity contribution >= 4 is 11.9 Å². The van der Waals surface area contributed by atoms with E-state index in [0.29, 0.717) is 6.54 Å². The van der Waals surface area contributed by atoms with Crippen LogP contribution in [-0.2, 0) is 4.79 Å². The summed E-state index contributed by atoms with van der Waals surface area (Å²) in [6.07, 6.45) is 3.56. The van der Waals surface area contributed by atoms with Gasteiger partial charge in [-0.2, -0.15) is 0 Å². The fourth-order valence-corrected chi connectivity index (χ4v) is 1.95. The number of hydrogen-bond donors (Lipinski definition) is 2. The highest BCUT2D eigenvalue weighted by molar-refractivity contribution is 5.96. The number of hydrogen-bond acceptors (Lipinski definition) is 3. The summed E-state index contributed by atoms with van der Waals surface area (Å²) in [4.78, 5) is 25.4. The minimum absolute atomic E-state index is 0.213. The van der Waals surface area contributed by atoms with Gasteiger partial charge in [0, 0.05) is 13.1 Å². The fourth-order valence-electron chi connectivity index (χ4n) is 1.95. The summed E-state index contributed by atoms with van der Waals surface area (Å²) in [5.74, 6) is 0.534. The molecule has 0 aromatic rings. The third-order valence-electron chi connectivity index (χ3n) is 3.20. The van der Waals surface area contributed by atoms with Crippen molar-refractivity contribution in [3.63, 3.8) is 0 Å². The van der Waals surface area contributed by atoms with Crippen molar-refractivity contribution in [2.75, 3.05) is 19.6 Å². The van der Waals surface area contributed by atoms with E-state index in [-0.39, 0.29) is 11.9 Å². The van der Waals surface area contributed by atoms with Crippen molar-refractivity contribution in [3.8, 4) is 0 Å². The van der Waals surface area contributed by atoms with E-state index in [9.17, 15) is 9.59 Å². The highest BCUT2D eigenvalue weighted by Crippen LogP contribution is 2.30. The van der Waals surface area contributed by atoms with Crippen LogP contribution in [0.5, 0.6) is 0 Å². The van der Waals surface area contributed by atoms with Crippen LogP contribution in [0.3, 0.4) is 0 Å². The molecule has 0 radical (unpaired) electrons. The van der Waals surface area contributed by atoms with Crippen molar-refractivity contribution < 1.29 is 9.59 Å². The van der Waals surface area contributed by atoms with Crippen molar-refractivity contribution in [3.05, 3.63) is 0 Å². The maximum atomic E-state index is 11.9. The van der Waals surface area contributed by atoms with Gasteiger partial charge < -0.3 is 5.32 Å². The maximum absolute atomic E-state index is 11.9. The van der Waals surface area contributed by atoms with E-state index in [1.807, 2.05) is 13.8 Å². The third-order valence-corrected chi connectivity index (χ3v) is 3.20. The molecule has 1 saturated carbocycles. The van der Waals surface area contributed by atoms with Gasteiger partial charge in [-0.1, -0.05) is 6.92 Å². The van der Waals surface area contributed by atoms with E-state index in [0.717, 1.165) is 25.4 Å². The second kappa shape index (κ2) is 7.36. The molecule has 3 amide bonds. The maximum Gasteiger partial charge on any atom is 0.321 e. The first-order valence-corrected chi connectivity index (χ1v) is 6.91. The molecule has 5 heteroatoms. The fraction of sp³-hybridized carbons (Fsp3) is 0.846. The minimum Gasteiger partial charge on any atom is -0.338 e. The second-order valence-electron chi connectivity index (χ2n) is 4.96. The number of rotatable bonds is 7. The van der Waals surface area contributed by atoms with Gasteiger partial charge in [0.1, 0.15) is 0 Å². The first-order chi connectivity index (χ1) is 8.58. The van der Waals surface area contributed by atoms with Gasteiger partial charge in [-0.15, -0.1) is 0 Å². The molecular formula is C13H25N3O2. The predicted molar refractivity (Wildman–Crippen MR) is 71.3 cm³/mol. The van der Waals surface area contributed by atoms with Crippen LogP contribution in [0.1, 0.15) is 40.0 Å². The largest absolute Gasteiger partial charge is 0.338 e. The number of carbonyl (C=O) groups excluding carboxylic acids is 2. The topological polar surface area (TPSA) is 61.4 Å². The lowest BCUT2D eigenvalue weighted by Gasteiger charge is -2.27. The average molecular weight is 255 g/mol. The molecular weight excluding hydrogens is 230 g/mol. The van der Waals surface area contributed by atoms with E-state index in [4.69, 9.17) is 0 Å². The lowest BCUT2D eigenvalue weighted by Crippen LogP contribution is -2.50. The number of nitrogens with one attached hydrogen (secondary N) is 2. The van der Waals surface area contributed by atoms with Crippen LogP contribution < -0.4 is 10.6 Å². The molecule has 1 rings (SSSR count). The number of carbonyl (C=O) groups is 2. The third kappa shape index (κ3) is 5.04. The molecule has 0 saturated heterocycles. The molecule has 1 aliphatic carbocycles. The van der Waals surface area contributed by atoms with E-state index in [1.54, 1.807) is 0 Å². The van der Waals surface area contributed by atoms with Gasteiger partial charge in [0.15, 0.2) is 0 Å². The summed E-state index contributed by atoms with van der Waals surface area (Å²) in [6, 6.07) is -0.648. The molecule has 18 heavy (non-hydrogen) atoms. The van der Waals surface area contributed by atoms with Gasteiger partial charge in [-0.25, -0.2) is 4.79 Å². The Hall–Kier alpha value is -1.10. The summed E-state index contributed by atoms with van der Waals surface area (Å²) in [6.45, 7) is 8.19. The molecule has 0 aliphatic heterocycles. The summed E-state index contributed by atoms with van der Waals surface area (Å²) in [5.41, 5.74) is 0. The second-order valence-corrected chi connectivity index (χ2v) is 4.96. The van der Waals surface area contributed by atoms with Gasteiger partial charge in [-0.05, 0) is 45.6 Å². The number of imide groups is 1. The molecule has 1 fully saturated rings. The highest BCUT2D eigenvalue weighted by atomic mass is 16.2. The van der Waals surface area contributed by atoms with Crippen molar-refractivity contribution in [2.24, 2.45) is 5.92 Å². The molecule has 5 nitrogen and oxygen atoms in total. The van der Waals surface area contributed by atoms with E-state index >= 15 is 0 Å². The van der Waals surface area contributed by atoms with Crippen LogP contribution in [0.25, 0.3) is 0 Å². The minimum atomic E-state index is -0.405. The van der Waals surface area contributed by atoms with Crippen molar-refractivity contribution in [1.29, 1.82) is 0 Å². The van der Waals surface area contributed by atoms with Gasteiger partial charge in [0.25, 0.3) is 0 Å². The Bertz CT molecular complexity index is 290. The van der Waals surface area contributed by atoms with E-state index in [2.05, 4.69) is 22.5 Å². The van der Waals surface area contributed by atoms with Gasteiger partial charge in [-0.3, -0.25) is 15.0 Å². The Morgan fingerprint density at radius 1 is 1.33 bits per heavy atom. The molecule has 0 spiro atoms. The Balaban J connectivity index is 2.43. The molecule has 2 N–H and O–H groups in total.